The SMILES string of the molecule is CCSc1nnc(-c2ccc(OC)cc2)n1N=Cc1ccc(Br)cc1. The van der Waals surface area contributed by atoms with Gasteiger partial charge in [-0.15, -0.1) is 10.2 Å². The van der Waals surface area contributed by atoms with Gasteiger partial charge in [-0.25, -0.2) is 0 Å². The van der Waals surface area contributed by atoms with Crippen LogP contribution in [-0.4, -0.2) is 34.0 Å². The molecule has 0 saturated carbocycles. The Morgan fingerprint density at radius 1 is 1.12 bits per heavy atom. The molecular formula is C18H17BrN4OS. The van der Waals surface area contributed by atoms with Crippen LogP contribution in [0.2, 0.25) is 0 Å². The molecule has 1 aromatic heterocycles. The molecule has 128 valence electrons. The molecule has 0 fully saturated rings. The van der Waals surface area contributed by atoms with Crippen LogP contribution in [0.5, 0.6) is 5.75 Å². The lowest BCUT2D eigenvalue weighted by Gasteiger charge is -2.05. The summed E-state index contributed by atoms with van der Waals surface area (Å²) in [5, 5.41) is 14.0. The Bertz CT molecular complexity index is 860. The van der Waals surface area contributed by atoms with Crippen molar-refractivity contribution >= 4 is 33.9 Å². The van der Waals surface area contributed by atoms with Crippen LogP contribution in [0.3, 0.4) is 0 Å². The van der Waals surface area contributed by atoms with E-state index in [1.807, 2.05) is 54.7 Å². The van der Waals surface area contributed by atoms with Gasteiger partial charge in [0.2, 0.25) is 5.16 Å². The summed E-state index contributed by atoms with van der Waals surface area (Å²) in [6.45, 7) is 2.08. The largest absolute Gasteiger partial charge is 0.497 e. The van der Waals surface area contributed by atoms with Gasteiger partial charge in [0.15, 0.2) is 5.82 Å². The number of ether oxygens (including phenoxy) is 1. The Hall–Kier alpha value is -2.12. The van der Waals surface area contributed by atoms with Crippen molar-refractivity contribution in [3.05, 3.63) is 58.6 Å². The van der Waals surface area contributed by atoms with E-state index in [0.29, 0.717) is 5.82 Å². The third kappa shape index (κ3) is 4.29. The van der Waals surface area contributed by atoms with Crippen molar-refractivity contribution in [3.63, 3.8) is 0 Å². The molecule has 0 spiro atoms. The summed E-state index contributed by atoms with van der Waals surface area (Å²) in [6, 6.07) is 15.7. The van der Waals surface area contributed by atoms with Crippen molar-refractivity contribution in [1.29, 1.82) is 0 Å². The Balaban J connectivity index is 1.97. The average Bonchev–Trinajstić information content (AvgIpc) is 3.04. The fourth-order valence-corrected chi connectivity index (χ4v) is 3.06. The standard InChI is InChI=1S/C18H17BrN4OS/c1-3-25-18-22-21-17(14-6-10-16(24-2)11-7-14)23(18)20-12-13-4-8-15(19)9-5-13/h4-12H,3H2,1-2H3. The minimum absolute atomic E-state index is 0.701. The molecular weight excluding hydrogens is 400 g/mol. The Morgan fingerprint density at radius 3 is 2.48 bits per heavy atom. The topological polar surface area (TPSA) is 52.3 Å². The number of hydrogen-bond donors (Lipinski definition) is 0. The first-order chi connectivity index (χ1) is 12.2. The van der Waals surface area contributed by atoms with E-state index in [1.165, 1.54) is 0 Å². The van der Waals surface area contributed by atoms with Crippen molar-refractivity contribution in [2.45, 2.75) is 12.1 Å². The van der Waals surface area contributed by atoms with Gasteiger partial charge < -0.3 is 4.74 Å². The van der Waals surface area contributed by atoms with Gasteiger partial charge >= 0.3 is 0 Å². The number of rotatable bonds is 6. The summed E-state index contributed by atoms with van der Waals surface area (Å²) in [6.07, 6.45) is 1.81. The van der Waals surface area contributed by atoms with Gasteiger partial charge in [-0.05, 0) is 47.7 Å². The molecule has 3 aromatic rings. The predicted octanol–water partition coefficient (Wildman–Crippen LogP) is 4.71. The zero-order valence-corrected chi connectivity index (χ0v) is 16.3. The zero-order chi connectivity index (χ0) is 17.6. The van der Waals surface area contributed by atoms with E-state index in [0.717, 1.165) is 32.3 Å². The zero-order valence-electron chi connectivity index (χ0n) is 13.9. The van der Waals surface area contributed by atoms with Gasteiger partial charge in [-0.1, -0.05) is 46.7 Å². The second-order valence-electron chi connectivity index (χ2n) is 5.08. The third-order valence-corrected chi connectivity index (χ3v) is 4.76. The summed E-state index contributed by atoms with van der Waals surface area (Å²) in [5.74, 6) is 2.40. The number of halogens is 1. The number of aromatic nitrogens is 3. The fourth-order valence-electron chi connectivity index (χ4n) is 2.18. The summed E-state index contributed by atoms with van der Waals surface area (Å²) in [5.41, 5.74) is 1.94. The number of benzene rings is 2. The van der Waals surface area contributed by atoms with E-state index in [4.69, 9.17) is 4.74 Å². The van der Waals surface area contributed by atoms with Crippen LogP contribution in [0.1, 0.15) is 12.5 Å². The number of nitrogens with zero attached hydrogens (tertiary/aromatic N) is 4. The third-order valence-electron chi connectivity index (χ3n) is 3.43. The minimum Gasteiger partial charge on any atom is -0.497 e. The summed E-state index contributed by atoms with van der Waals surface area (Å²) < 4.78 is 8.03. The summed E-state index contributed by atoms with van der Waals surface area (Å²) in [4.78, 5) is 0. The number of methoxy groups -OCH3 is 1. The van der Waals surface area contributed by atoms with Crippen LogP contribution < -0.4 is 4.74 Å². The maximum absolute atomic E-state index is 5.21. The highest BCUT2D eigenvalue weighted by Crippen LogP contribution is 2.25. The van der Waals surface area contributed by atoms with Crippen LogP contribution in [0, 0.1) is 0 Å². The van der Waals surface area contributed by atoms with E-state index in [9.17, 15) is 0 Å². The molecule has 25 heavy (non-hydrogen) atoms. The van der Waals surface area contributed by atoms with Crippen molar-refractivity contribution in [1.82, 2.24) is 14.9 Å². The quantitative estimate of drug-likeness (QED) is 0.431. The molecule has 7 heteroatoms. The Kier molecular flexibility index (Phi) is 5.88. The molecule has 0 radical (unpaired) electrons. The summed E-state index contributed by atoms with van der Waals surface area (Å²) in [7, 11) is 1.65. The number of hydrogen-bond acceptors (Lipinski definition) is 5. The molecule has 0 N–H and O–H groups in total. The average molecular weight is 417 g/mol. The molecule has 0 atom stereocenters. The lowest BCUT2D eigenvalue weighted by atomic mass is 10.2. The first-order valence-electron chi connectivity index (χ1n) is 7.74. The van der Waals surface area contributed by atoms with Crippen LogP contribution in [0.15, 0.2) is 63.3 Å². The first-order valence-corrected chi connectivity index (χ1v) is 9.51. The van der Waals surface area contributed by atoms with Crippen LogP contribution in [0.25, 0.3) is 11.4 Å². The molecule has 0 aliphatic heterocycles. The Labute approximate surface area is 159 Å². The van der Waals surface area contributed by atoms with Gasteiger partial charge in [0.1, 0.15) is 5.75 Å². The van der Waals surface area contributed by atoms with E-state index >= 15 is 0 Å². The van der Waals surface area contributed by atoms with Crippen molar-refractivity contribution in [3.8, 4) is 17.1 Å². The van der Waals surface area contributed by atoms with Crippen molar-refractivity contribution < 1.29 is 4.74 Å². The predicted molar refractivity (Wildman–Crippen MR) is 106 cm³/mol. The molecule has 0 bridgehead atoms. The van der Waals surface area contributed by atoms with Crippen LogP contribution in [-0.2, 0) is 0 Å². The van der Waals surface area contributed by atoms with Gasteiger partial charge in [0, 0.05) is 10.0 Å². The number of thioether (sulfide) groups is 1. The molecule has 1 heterocycles. The summed E-state index contributed by atoms with van der Waals surface area (Å²) >= 11 is 5.04. The monoisotopic (exact) mass is 416 g/mol. The Morgan fingerprint density at radius 2 is 1.84 bits per heavy atom. The second kappa shape index (κ2) is 8.31. The van der Waals surface area contributed by atoms with E-state index in [2.05, 4.69) is 38.2 Å². The van der Waals surface area contributed by atoms with Gasteiger partial charge in [-0.3, -0.25) is 0 Å². The molecule has 0 saturated heterocycles. The fraction of sp³-hybridized carbons (Fsp3) is 0.167. The lowest BCUT2D eigenvalue weighted by molar-refractivity contribution is 0.415. The first kappa shape index (κ1) is 17.7. The highest BCUT2D eigenvalue weighted by atomic mass is 79.9. The molecule has 5 nitrogen and oxygen atoms in total. The molecule has 0 aliphatic carbocycles. The maximum atomic E-state index is 5.21. The van der Waals surface area contributed by atoms with Gasteiger partial charge in [0.05, 0.1) is 13.3 Å². The second-order valence-corrected chi connectivity index (χ2v) is 7.22. The molecule has 2 aromatic carbocycles. The van der Waals surface area contributed by atoms with Gasteiger partial charge in [0.25, 0.3) is 0 Å². The molecule has 0 unspecified atom stereocenters. The lowest BCUT2D eigenvalue weighted by Crippen LogP contribution is -1.97. The van der Waals surface area contributed by atoms with E-state index in [1.54, 1.807) is 23.5 Å². The van der Waals surface area contributed by atoms with Crippen LogP contribution in [0.4, 0.5) is 0 Å². The molecule has 3 rings (SSSR count). The highest BCUT2D eigenvalue weighted by Gasteiger charge is 2.13. The normalized spacial score (nSPS) is 11.2. The van der Waals surface area contributed by atoms with Gasteiger partial charge in [-0.2, -0.15) is 9.78 Å². The maximum Gasteiger partial charge on any atom is 0.212 e. The van der Waals surface area contributed by atoms with Crippen molar-refractivity contribution in [2.24, 2.45) is 5.10 Å². The van der Waals surface area contributed by atoms with Crippen molar-refractivity contribution in [2.75, 3.05) is 12.9 Å². The molecule has 0 amide bonds. The minimum atomic E-state index is 0.701. The highest BCUT2D eigenvalue weighted by molar-refractivity contribution is 9.10. The van der Waals surface area contributed by atoms with Crippen LogP contribution >= 0.6 is 27.7 Å². The van der Waals surface area contributed by atoms with E-state index < -0.39 is 0 Å². The van der Waals surface area contributed by atoms with E-state index in [-0.39, 0.29) is 0 Å². The molecule has 0 aliphatic rings. The smallest absolute Gasteiger partial charge is 0.212 e.